The van der Waals surface area contributed by atoms with Crippen molar-refractivity contribution in [2.24, 2.45) is 0 Å². The maximum absolute atomic E-state index is 12.7. The molecule has 0 unspecified atom stereocenters. The van der Waals surface area contributed by atoms with Gasteiger partial charge in [0.1, 0.15) is 5.82 Å². The highest BCUT2D eigenvalue weighted by Crippen LogP contribution is 2.13. The molecule has 0 atom stereocenters. The molecule has 0 amide bonds. The van der Waals surface area contributed by atoms with Crippen molar-refractivity contribution in [3.05, 3.63) is 35.6 Å². The third-order valence-electron chi connectivity index (χ3n) is 2.77. The summed E-state index contributed by atoms with van der Waals surface area (Å²) in [7, 11) is 0. The zero-order chi connectivity index (χ0) is 9.80. The zero-order valence-electron chi connectivity index (χ0n) is 8.38. The topological polar surface area (TPSA) is 3.24 Å². The zero-order valence-corrected chi connectivity index (χ0v) is 8.38. The molecule has 0 aromatic heterocycles. The van der Waals surface area contributed by atoms with Gasteiger partial charge in [-0.1, -0.05) is 18.6 Å². The SMILES string of the molecule is Fc1ccc(CN2CCCCC2)cc1. The van der Waals surface area contributed by atoms with Crippen LogP contribution in [0.1, 0.15) is 24.8 Å². The number of hydrogen-bond donors (Lipinski definition) is 0. The Morgan fingerprint density at radius 2 is 1.64 bits per heavy atom. The molecule has 1 aromatic carbocycles. The molecule has 0 aliphatic carbocycles. The van der Waals surface area contributed by atoms with Gasteiger partial charge in [-0.25, -0.2) is 4.39 Å². The molecule has 1 fully saturated rings. The Balaban J connectivity index is 1.92. The van der Waals surface area contributed by atoms with E-state index in [1.165, 1.54) is 37.9 Å². The molecule has 0 bridgehead atoms. The number of rotatable bonds is 2. The molecule has 2 heteroatoms. The van der Waals surface area contributed by atoms with Gasteiger partial charge in [-0.3, -0.25) is 4.90 Å². The van der Waals surface area contributed by atoms with Crippen LogP contribution in [-0.4, -0.2) is 18.0 Å². The normalized spacial score (nSPS) is 18.4. The van der Waals surface area contributed by atoms with Gasteiger partial charge in [0.15, 0.2) is 0 Å². The molecule has 76 valence electrons. The molecule has 1 nitrogen and oxygen atoms in total. The lowest BCUT2D eigenvalue weighted by Gasteiger charge is -2.26. The summed E-state index contributed by atoms with van der Waals surface area (Å²) in [5.74, 6) is -0.146. The fourth-order valence-electron chi connectivity index (χ4n) is 1.97. The van der Waals surface area contributed by atoms with E-state index in [4.69, 9.17) is 0 Å². The quantitative estimate of drug-likeness (QED) is 0.698. The van der Waals surface area contributed by atoms with Crippen LogP contribution in [0.15, 0.2) is 24.3 Å². The molecule has 14 heavy (non-hydrogen) atoms. The number of likely N-dealkylation sites (tertiary alicyclic amines) is 1. The van der Waals surface area contributed by atoms with E-state index in [9.17, 15) is 4.39 Å². The molecule has 1 heterocycles. The molecule has 2 rings (SSSR count). The number of nitrogens with zero attached hydrogens (tertiary/aromatic N) is 1. The van der Waals surface area contributed by atoms with Gasteiger partial charge in [-0.15, -0.1) is 0 Å². The van der Waals surface area contributed by atoms with Crippen LogP contribution in [0.2, 0.25) is 0 Å². The molecule has 1 aliphatic rings. The minimum Gasteiger partial charge on any atom is -0.299 e. The van der Waals surface area contributed by atoms with Crippen LogP contribution in [0, 0.1) is 5.82 Å². The van der Waals surface area contributed by atoms with Crippen molar-refractivity contribution >= 4 is 0 Å². The first kappa shape index (κ1) is 9.66. The minimum absolute atomic E-state index is 0.146. The average Bonchev–Trinajstić information content (AvgIpc) is 2.23. The Bertz CT molecular complexity index is 275. The summed E-state index contributed by atoms with van der Waals surface area (Å²) in [5, 5.41) is 0. The van der Waals surface area contributed by atoms with E-state index >= 15 is 0 Å². The second-order valence-corrected chi connectivity index (χ2v) is 3.96. The minimum atomic E-state index is -0.146. The molecule has 0 N–H and O–H groups in total. The summed E-state index contributed by atoms with van der Waals surface area (Å²) in [6.45, 7) is 3.36. The van der Waals surface area contributed by atoms with Crippen LogP contribution >= 0.6 is 0 Å². The first-order chi connectivity index (χ1) is 6.84. The molecular formula is C12H16FN. The van der Waals surface area contributed by atoms with Gasteiger partial charge in [0, 0.05) is 6.54 Å². The molecule has 1 aromatic rings. The van der Waals surface area contributed by atoms with E-state index in [-0.39, 0.29) is 5.82 Å². The van der Waals surface area contributed by atoms with E-state index in [2.05, 4.69) is 4.90 Å². The van der Waals surface area contributed by atoms with E-state index < -0.39 is 0 Å². The van der Waals surface area contributed by atoms with Crippen LogP contribution in [0.5, 0.6) is 0 Å². The Morgan fingerprint density at radius 1 is 1.00 bits per heavy atom. The monoisotopic (exact) mass is 193 g/mol. The van der Waals surface area contributed by atoms with Gasteiger partial charge in [0.2, 0.25) is 0 Å². The summed E-state index contributed by atoms with van der Waals surface area (Å²) >= 11 is 0. The highest BCUT2D eigenvalue weighted by atomic mass is 19.1. The predicted molar refractivity (Wildman–Crippen MR) is 55.5 cm³/mol. The maximum atomic E-state index is 12.7. The van der Waals surface area contributed by atoms with Crippen LogP contribution in [-0.2, 0) is 6.54 Å². The summed E-state index contributed by atoms with van der Waals surface area (Å²) < 4.78 is 12.7. The average molecular weight is 193 g/mol. The predicted octanol–water partition coefficient (Wildman–Crippen LogP) is 2.81. The number of halogens is 1. The largest absolute Gasteiger partial charge is 0.299 e. The third kappa shape index (κ3) is 2.55. The van der Waals surface area contributed by atoms with Crippen molar-refractivity contribution in [1.29, 1.82) is 0 Å². The Morgan fingerprint density at radius 3 is 2.29 bits per heavy atom. The number of hydrogen-bond acceptors (Lipinski definition) is 1. The summed E-state index contributed by atoms with van der Waals surface area (Å²) in [6.07, 6.45) is 3.97. The Kier molecular flexibility index (Phi) is 3.14. The van der Waals surface area contributed by atoms with Gasteiger partial charge in [0.05, 0.1) is 0 Å². The first-order valence-electron chi connectivity index (χ1n) is 5.31. The summed E-state index contributed by atoms with van der Waals surface area (Å²) in [4.78, 5) is 2.44. The van der Waals surface area contributed by atoms with Crippen LogP contribution in [0.25, 0.3) is 0 Å². The van der Waals surface area contributed by atoms with E-state index in [0.29, 0.717) is 0 Å². The van der Waals surface area contributed by atoms with Crippen LogP contribution in [0.3, 0.4) is 0 Å². The standard InChI is InChI=1S/C12H16FN/c13-12-6-4-11(5-7-12)10-14-8-2-1-3-9-14/h4-7H,1-3,8-10H2. The molecule has 1 aliphatic heterocycles. The van der Waals surface area contributed by atoms with Crippen molar-refractivity contribution in [2.45, 2.75) is 25.8 Å². The maximum Gasteiger partial charge on any atom is 0.123 e. The Hall–Kier alpha value is -0.890. The lowest BCUT2D eigenvalue weighted by atomic mass is 10.1. The Labute approximate surface area is 84.5 Å². The lowest BCUT2D eigenvalue weighted by molar-refractivity contribution is 0.221. The van der Waals surface area contributed by atoms with Crippen molar-refractivity contribution in [3.63, 3.8) is 0 Å². The van der Waals surface area contributed by atoms with E-state index in [0.717, 1.165) is 6.54 Å². The fourth-order valence-corrected chi connectivity index (χ4v) is 1.97. The molecule has 0 saturated carbocycles. The van der Waals surface area contributed by atoms with Crippen molar-refractivity contribution < 1.29 is 4.39 Å². The van der Waals surface area contributed by atoms with Crippen molar-refractivity contribution in [3.8, 4) is 0 Å². The van der Waals surface area contributed by atoms with Gasteiger partial charge in [-0.05, 0) is 43.6 Å². The van der Waals surface area contributed by atoms with Gasteiger partial charge in [0.25, 0.3) is 0 Å². The highest BCUT2D eigenvalue weighted by Gasteiger charge is 2.09. The highest BCUT2D eigenvalue weighted by molar-refractivity contribution is 5.15. The third-order valence-corrected chi connectivity index (χ3v) is 2.77. The second kappa shape index (κ2) is 4.56. The van der Waals surface area contributed by atoms with Crippen molar-refractivity contribution in [2.75, 3.05) is 13.1 Å². The van der Waals surface area contributed by atoms with Gasteiger partial charge >= 0.3 is 0 Å². The fraction of sp³-hybridized carbons (Fsp3) is 0.500. The van der Waals surface area contributed by atoms with E-state index in [1.807, 2.05) is 12.1 Å². The second-order valence-electron chi connectivity index (χ2n) is 3.96. The smallest absolute Gasteiger partial charge is 0.123 e. The number of benzene rings is 1. The van der Waals surface area contributed by atoms with E-state index in [1.54, 1.807) is 12.1 Å². The van der Waals surface area contributed by atoms with Crippen molar-refractivity contribution in [1.82, 2.24) is 4.90 Å². The molecule has 1 saturated heterocycles. The van der Waals surface area contributed by atoms with Gasteiger partial charge < -0.3 is 0 Å². The van der Waals surface area contributed by atoms with Crippen LogP contribution in [0.4, 0.5) is 4.39 Å². The van der Waals surface area contributed by atoms with Crippen LogP contribution < -0.4 is 0 Å². The molecule has 0 radical (unpaired) electrons. The van der Waals surface area contributed by atoms with Gasteiger partial charge in [-0.2, -0.15) is 0 Å². The summed E-state index contributed by atoms with van der Waals surface area (Å²) in [5.41, 5.74) is 1.22. The lowest BCUT2D eigenvalue weighted by Crippen LogP contribution is -2.29. The first-order valence-corrected chi connectivity index (χ1v) is 5.31. The summed E-state index contributed by atoms with van der Waals surface area (Å²) in [6, 6.07) is 6.84. The number of piperidine rings is 1. The molecular weight excluding hydrogens is 177 g/mol. The molecule has 0 spiro atoms.